The first-order valence-corrected chi connectivity index (χ1v) is 7.59. The Bertz CT molecular complexity index is 882. The van der Waals surface area contributed by atoms with E-state index in [9.17, 15) is 0 Å². The number of nitrogens with zero attached hydrogens (tertiary/aromatic N) is 4. The highest BCUT2D eigenvalue weighted by Crippen LogP contribution is 2.35. The van der Waals surface area contributed by atoms with Gasteiger partial charge in [-0.3, -0.25) is 0 Å². The van der Waals surface area contributed by atoms with Gasteiger partial charge in [-0.25, -0.2) is 0 Å². The van der Waals surface area contributed by atoms with Gasteiger partial charge < -0.3 is 17.8 Å². The Hall–Kier alpha value is -2.81. The monoisotopic (exact) mass is 330 g/mol. The van der Waals surface area contributed by atoms with Gasteiger partial charge in [0, 0.05) is 0 Å². The van der Waals surface area contributed by atoms with Crippen LogP contribution in [0.2, 0.25) is 0 Å². The summed E-state index contributed by atoms with van der Waals surface area (Å²) in [7, 11) is 0. The van der Waals surface area contributed by atoms with Crippen molar-refractivity contribution >= 4 is 11.8 Å². The molecular weight excluding hydrogens is 320 g/mol. The summed E-state index contributed by atoms with van der Waals surface area (Å²) in [6.07, 6.45) is 3.10. The van der Waals surface area contributed by atoms with Gasteiger partial charge >= 0.3 is 0 Å². The molecule has 0 aliphatic heterocycles. The van der Waals surface area contributed by atoms with E-state index in [1.165, 1.54) is 11.8 Å². The lowest BCUT2D eigenvalue weighted by atomic mass is 10.4. The van der Waals surface area contributed by atoms with Crippen LogP contribution in [0, 0.1) is 0 Å². The van der Waals surface area contributed by atoms with E-state index in [4.69, 9.17) is 17.8 Å². The molecule has 0 amide bonds. The van der Waals surface area contributed by atoms with E-state index < -0.39 is 0 Å². The molecule has 0 fully saturated rings. The van der Waals surface area contributed by atoms with Crippen molar-refractivity contribution in [2.24, 2.45) is 0 Å². The average molecular weight is 330 g/mol. The minimum Gasteiger partial charge on any atom is -0.461 e. The quantitative estimate of drug-likeness (QED) is 0.505. The third kappa shape index (κ3) is 2.78. The standard InChI is InChI=1S/C14H10N4O4S/c1-8(12-15-11(18-22-12)9-4-2-6-19-9)23-14-17-16-13(21-14)10-5-3-7-20-10/h2-8H,1H3/t8-/m0/s1. The molecule has 8 nitrogen and oxygen atoms in total. The van der Waals surface area contributed by atoms with Gasteiger partial charge in [-0.2, -0.15) is 4.98 Å². The number of thioether (sulfide) groups is 1. The third-order valence-electron chi connectivity index (χ3n) is 2.95. The molecule has 4 heterocycles. The first-order chi connectivity index (χ1) is 11.3. The van der Waals surface area contributed by atoms with Gasteiger partial charge in [0.25, 0.3) is 11.1 Å². The summed E-state index contributed by atoms with van der Waals surface area (Å²) in [6.45, 7) is 1.90. The Labute approximate surface area is 133 Å². The van der Waals surface area contributed by atoms with Crippen LogP contribution in [0.25, 0.3) is 23.2 Å². The van der Waals surface area contributed by atoms with Gasteiger partial charge in [-0.15, -0.1) is 10.2 Å². The van der Waals surface area contributed by atoms with Crippen LogP contribution in [-0.4, -0.2) is 20.3 Å². The van der Waals surface area contributed by atoms with Crippen LogP contribution in [0.3, 0.4) is 0 Å². The van der Waals surface area contributed by atoms with Crippen molar-refractivity contribution in [3.63, 3.8) is 0 Å². The predicted octanol–water partition coefficient (Wildman–Crippen LogP) is 3.83. The van der Waals surface area contributed by atoms with Crippen LogP contribution in [0.15, 0.2) is 59.8 Å². The Kier molecular flexibility index (Phi) is 3.46. The first kappa shape index (κ1) is 13.8. The fourth-order valence-electron chi connectivity index (χ4n) is 1.87. The second-order valence-electron chi connectivity index (χ2n) is 4.54. The van der Waals surface area contributed by atoms with Crippen LogP contribution in [0.1, 0.15) is 18.1 Å². The molecule has 116 valence electrons. The van der Waals surface area contributed by atoms with Crippen LogP contribution in [-0.2, 0) is 0 Å². The Morgan fingerprint density at radius 2 is 1.83 bits per heavy atom. The molecule has 4 aromatic rings. The molecule has 1 atom stereocenters. The van der Waals surface area contributed by atoms with Crippen LogP contribution in [0.4, 0.5) is 0 Å². The minimum absolute atomic E-state index is 0.156. The van der Waals surface area contributed by atoms with Crippen molar-refractivity contribution in [1.82, 2.24) is 20.3 Å². The van der Waals surface area contributed by atoms with Crippen molar-refractivity contribution in [2.45, 2.75) is 17.4 Å². The van der Waals surface area contributed by atoms with Gasteiger partial charge in [0.05, 0.1) is 17.8 Å². The van der Waals surface area contributed by atoms with Crippen LogP contribution >= 0.6 is 11.8 Å². The molecule has 0 bridgehead atoms. The summed E-state index contributed by atoms with van der Waals surface area (Å²) < 4.78 is 21.2. The molecule has 0 N–H and O–H groups in total. The third-order valence-corrected chi connectivity index (χ3v) is 3.87. The molecule has 4 aromatic heterocycles. The second-order valence-corrected chi connectivity index (χ2v) is 5.84. The van der Waals surface area contributed by atoms with Gasteiger partial charge in [0.15, 0.2) is 11.5 Å². The van der Waals surface area contributed by atoms with Gasteiger partial charge in [0.1, 0.15) is 0 Å². The molecule has 0 saturated heterocycles. The Morgan fingerprint density at radius 3 is 2.57 bits per heavy atom. The van der Waals surface area contributed by atoms with Crippen molar-refractivity contribution in [2.75, 3.05) is 0 Å². The minimum atomic E-state index is -0.156. The molecule has 0 aliphatic rings. The van der Waals surface area contributed by atoms with E-state index in [2.05, 4.69) is 20.3 Å². The Morgan fingerprint density at radius 1 is 1.04 bits per heavy atom. The number of furan rings is 2. The maximum absolute atomic E-state index is 5.54. The number of hydrogen-bond donors (Lipinski definition) is 0. The van der Waals surface area contributed by atoms with Gasteiger partial charge in [-0.05, 0) is 31.2 Å². The molecule has 23 heavy (non-hydrogen) atoms. The summed E-state index contributed by atoms with van der Waals surface area (Å²) in [6, 6.07) is 7.03. The molecule has 4 rings (SSSR count). The number of aromatic nitrogens is 4. The molecule has 0 saturated carbocycles. The summed E-state index contributed by atoms with van der Waals surface area (Å²) in [5, 5.41) is 12.0. The lowest BCUT2D eigenvalue weighted by Crippen LogP contribution is -1.89. The fourth-order valence-corrected chi connectivity index (χ4v) is 2.58. The molecule has 9 heteroatoms. The van der Waals surface area contributed by atoms with Crippen molar-refractivity contribution in [3.8, 4) is 23.2 Å². The number of hydrogen-bond acceptors (Lipinski definition) is 9. The zero-order valence-corrected chi connectivity index (χ0v) is 12.7. The normalized spacial score (nSPS) is 12.6. The predicted molar refractivity (Wildman–Crippen MR) is 78.3 cm³/mol. The molecular formula is C14H10N4O4S. The zero-order chi connectivity index (χ0) is 15.6. The second kappa shape index (κ2) is 5.76. The topological polar surface area (TPSA) is 104 Å². The molecule has 0 aliphatic carbocycles. The maximum atomic E-state index is 5.54. The van der Waals surface area contributed by atoms with Crippen molar-refractivity contribution in [1.29, 1.82) is 0 Å². The fraction of sp³-hybridized carbons (Fsp3) is 0.143. The summed E-state index contributed by atoms with van der Waals surface area (Å²) in [4.78, 5) is 4.30. The van der Waals surface area contributed by atoms with E-state index in [1.54, 1.807) is 36.8 Å². The molecule has 0 unspecified atom stereocenters. The highest BCUT2D eigenvalue weighted by molar-refractivity contribution is 7.99. The molecule has 0 spiro atoms. The number of rotatable bonds is 5. The summed E-state index contributed by atoms with van der Waals surface area (Å²) in [5.41, 5.74) is 0. The van der Waals surface area contributed by atoms with Gasteiger partial charge in [0.2, 0.25) is 11.7 Å². The highest BCUT2D eigenvalue weighted by atomic mass is 32.2. The highest BCUT2D eigenvalue weighted by Gasteiger charge is 2.21. The lowest BCUT2D eigenvalue weighted by molar-refractivity contribution is 0.378. The van der Waals surface area contributed by atoms with Crippen molar-refractivity contribution in [3.05, 3.63) is 42.7 Å². The van der Waals surface area contributed by atoms with E-state index in [0.717, 1.165) is 0 Å². The average Bonchev–Trinajstić information content (AvgIpc) is 3.30. The van der Waals surface area contributed by atoms with E-state index in [1.807, 2.05) is 6.92 Å². The van der Waals surface area contributed by atoms with E-state index in [0.29, 0.717) is 34.3 Å². The first-order valence-electron chi connectivity index (χ1n) is 6.71. The smallest absolute Gasteiger partial charge is 0.284 e. The SMILES string of the molecule is C[C@H](Sc1nnc(-c2ccco2)o1)c1nc(-c2ccco2)no1. The van der Waals surface area contributed by atoms with Crippen molar-refractivity contribution < 1.29 is 17.8 Å². The van der Waals surface area contributed by atoms with Crippen LogP contribution in [0.5, 0.6) is 0 Å². The molecule has 0 radical (unpaired) electrons. The molecule has 0 aromatic carbocycles. The van der Waals surface area contributed by atoms with E-state index >= 15 is 0 Å². The van der Waals surface area contributed by atoms with Crippen LogP contribution < -0.4 is 0 Å². The zero-order valence-electron chi connectivity index (χ0n) is 11.9. The van der Waals surface area contributed by atoms with Gasteiger partial charge in [-0.1, -0.05) is 16.9 Å². The lowest BCUT2D eigenvalue weighted by Gasteiger charge is -2.00. The summed E-state index contributed by atoms with van der Waals surface area (Å²) >= 11 is 1.32. The summed E-state index contributed by atoms with van der Waals surface area (Å²) in [5.74, 6) is 2.25. The Balaban J connectivity index is 1.49. The maximum Gasteiger partial charge on any atom is 0.284 e. The van der Waals surface area contributed by atoms with E-state index in [-0.39, 0.29) is 5.25 Å². The largest absolute Gasteiger partial charge is 0.461 e.